The van der Waals surface area contributed by atoms with Crippen molar-refractivity contribution in [3.05, 3.63) is 48.4 Å². The van der Waals surface area contributed by atoms with Gasteiger partial charge >= 0.3 is 0 Å². The van der Waals surface area contributed by atoms with Gasteiger partial charge in [0.05, 0.1) is 24.3 Å². The van der Waals surface area contributed by atoms with Crippen LogP contribution < -0.4 is 10.6 Å². The molecule has 2 heterocycles. The van der Waals surface area contributed by atoms with Gasteiger partial charge in [-0.15, -0.1) is 0 Å². The van der Waals surface area contributed by atoms with Crippen molar-refractivity contribution in [1.29, 1.82) is 0 Å². The van der Waals surface area contributed by atoms with Gasteiger partial charge in [-0.2, -0.15) is 0 Å². The van der Waals surface area contributed by atoms with Gasteiger partial charge in [-0.05, 0) is 38.9 Å². The largest absolute Gasteiger partial charge is 0.472 e. The predicted molar refractivity (Wildman–Crippen MR) is 82.8 cm³/mol. The van der Waals surface area contributed by atoms with Gasteiger partial charge in [-0.1, -0.05) is 6.92 Å². The molecule has 0 spiro atoms. The molecule has 2 N–H and O–H groups in total. The van der Waals surface area contributed by atoms with Crippen molar-refractivity contribution in [2.75, 3.05) is 13.6 Å². The average Bonchev–Trinajstić information content (AvgIpc) is 3.06. The summed E-state index contributed by atoms with van der Waals surface area (Å²) in [4.78, 5) is 8.54. The van der Waals surface area contributed by atoms with Crippen molar-refractivity contribution in [3.63, 3.8) is 0 Å². The van der Waals surface area contributed by atoms with Gasteiger partial charge in [0.15, 0.2) is 0 Å². The number of aromatic nitrogens is 2. The van der Waals surface area contributed by atoms with Crippen molar-refractivity contribution in [3.8, 4) is 0 Å². The van der Waals surface area contributed by atoms with Crippen LogP contribution in [0.2, 0.25) is 0 Å². The second-order valence-corrected chi connectivity index (χ2v) is 5.11. The summed E-state index contributed by atoms with van der Waals surface area (Å²) >= 11 is 0. The van der Waals surface area contributed by atoms with Gasteiger partial charge in [0, 0.05) is 30.2 Å². The number of rotatable bonds is 9. The van der Waals surface area contributed by atoms with Gasteiger partial charge in [-0.3, -0.25) is 9.97 Å². The van der Waals surface area contributed by atoms with Gasteiger partial charge in [-0.25, -0.2) is 0 Å². The molecule has 2 rings (SSSR count). The third-order valence-electron chi connectivity index (χ3n) is 3.62. The van der Waals surface area contributed by atoms with E-state index in [-0.39, 0.29) is 6.04 Å². The normalized spacial score (nSPS) is 14.0. The third kappa shape index (κ3) is 4.65. The minimum atomic E-state index is 0.219. The summed E-state index contributed by atoms with van der Waals surface area (Å²) in [5.74, 6) is 0. The van der Waals surface area contributed by atoms with Crippen LogP contribution in [0.25, 0.3) is 0 Å². The van der Waals surface area contributed by atoms with Crippen LogP contribution in [0.15, 0.2) is 41.6 Å². The van der Waals surface area contributed by atoms with E-state index in [0.717, 1.165) is 31.5 Å². The van der Waals surface area contributed by atoms with Crippen LogP contribution in [0.1, 0.15) is 49.5 Å². The predicted octanol–water partition coefficient (Wildman–Crippen LogP) is 2.85. The monoisotopic (exact) mass is 288 g/mol. The Hall–Kier alpha value is -1.72. The second-order valence-electron chi connectivity index (χ2n) is 5.11. The van der Waals surface area contributed by atoms with E-state index in [0.29, 0.717) is 6.04 Å². The first-order valence-corrected chi connectivity index (χ1v) is 7.53. The molecular formula is C16H24N4O. The van der Waals surface area contributed by atoms with Crippen molar-refractivity contribution in [2.24, 2.45) is 0 Å². The Morgan fingerprint density at radius 1 is 1.24 bits per heavy atom. The molecule has 2 aromatic heterocycles. The lowest BCUT2D eigenvalue weighted by Crippen LogP contribution is -2.24. The van der Waals surface area contributed by atoms with E-state index in [9.17, 15) is 0 Å². The fourth-order valence-corrected chi connectivity index (χ4v) is 2.44. The van der Waals surface area contributed by atoms with Gasteiger partial charge in [0.2, 0.25) is 0 Å². The summed E-state index contributed by atoms with van der Waals surface area (Å²) in [5, 5.41) is 6.90. The lowest BCUT2D eigenvalue weighted by atomic mass is 10.00. The van der Waals surface area contributed by atoms with Crippen molar-refractivity contribution < 1.29 is 4.42 Å². The zero-order valence-electron chi connectivity index (χ0n) is 12.7. The number of nitrogens with zero attached hydrogens (tertiary/aromatic N) is 2. The lowest BCUT2D eigenvalue weighted by Gasteiger charge is -2.21. The van der Waals surface area contributed by atoms with Crippen LogP contribution in [-0.4, -0.2) is 23.6 Å². The lowest BCUT2D eigenvalue weighted by molar-refractivity contribution is 0.427. The van der Waals surface area contributed by atoms with E-state index < -0.39 is 0 Å². The molecule has 0 aromatic carbocycles. The molecule has 0 radical (unpaired) electrons. The van der Waals surface area contributed by atoms with E-state index in [1.54, 1.807) is 18.7 Å². The summed E-state index contributed by atoms with van der Waals surface area (Å²) in [7, 11) is 1.96. The van der Waals surface area contributed by atoms with Gasteiger partial charge < -0.3 is 15.1 Å². The Balaban J connectivity index is 1.96. The highest BCUT2D eigenvalue weighted by Gasteiger charge is 2.16. The van der Waals surface area contributed by atoms with Crippen LogP contribution in [0, 0.1) is 0 Å². The van der Waals surface area contributed by atoms with E-state index in [4.69, 9.17) is 4.42 Å². The minimum Gasteiger partial charge on any atom is -0.472 e. The summed E-state index contributed by atoms with van der Waals surface area (Å²) in [6.45, 7) is 3.18. The molecule has 2 aromatic rings. The van der Waals surface area contributed by atoms with Gasteiger partial charge in [0.25, 0.3) is 0 Å². The zero-order chi connectivity index (χ0) is 14.9. The quantitative estimate of drug-likeness (QED) is 0.743. The molecule has 0 bridgehead atoms. The molecule has 0 amide bonds. The van der Waals surface area contributed by atoms with Crippen molar-refractivity contribution in [2.45, 2.75) is 38.3 Å². The standard InChI is InChI=1S/C16H24N4O/c1-3-7-19-14(13-6-10-21-12-13)4-5-15(17-2)16-11-18-8-9-20-16/h6,8-12,14-15,17,19H,3-5,7H2,1-2H3. The van der Waals surface area contributed by atoms with Crippen LogP contribution in [0.4, 0.5) is 0 Å². The Bertz CT molecular complexity index is 486. The maximum Gasteiger partial charge on any atom is 0.0950 e. The molecule has 2 atom stereocenters. The third-order valence-corrected chi connectivity index (χ3v) is 3.62. The van der Waals surface area contributed by atoms with E-state index in [2.05, 4.69) is 27.5 Å². The van der Waals surface area contributed by atoms with E-state index in [1.165, 1.54) is 5.56 Å². The van der Waals surface area contributed by atoms with Gasteiger partial charge in [0.1, 0.15) is 0 Å². The maximum absolute atomic E-state index is 5.22. The molecule has 2 unspecified atom stereocenters. The molecule has 5 nitrogen and oxygen atoms in total. The number of nitrogens with one attached hydrogen (secondary N) is 2. The van der Waals surface area contributed by atoms with Crippen LogP contribution in [0.3, 0.4) is 0 Å². The summed E-state index contributed by atoms with van der Waals surface area (Å²) in [6.07, 6.45) is 11.9. The first-order valence-electron chi connectivity index (χ1n) is 7.53. The summed E-state index contributed by atoms with van der Waals surface area (Å²) < 4.78 is 5.22. The number of hydrogen-bond donors (Lipinski definition) is 2. The molecular weight excluding hydrogens is 264 g/mol. The fourth-order valence-electron chi connectivity index (χ4n) is 2.44. The van der Waals surface area contributed by atoms with E-state index in [1.807, 2.05) is 25.6 Å². The van der Waals surface area contributed by atoms with E-state index >= 15 is 0 Å². The number of furan rings is 1. The highest BCUT2D eigenvalue weighted by molar-refractivity contribution is 5.12. The summed E-state index contributed by atoms with van der Waals surface area (Å²) in [6, 6.07) is 2.57. The zero-order valence-corrected chi connectivity index (χ0v) is 12.7. The minimum absolute atomic E-state index is 0.219. The Labute approximate surface area is 126 Å². The fraction of sp³-hybridized carbons (Fsp3) is 0.500. The summed E-state index contributed by atoms with van der Waals surface area (Å²) in [5.41, 5.74) is 2.19. The molecule has 0 aliphatic heterocycles. The molecule has 0 aliphatic carbocycles. The number of hydrogen-bond acceptors (Lipinski definition) is 5. The Morgan fingerprint density at radius 3 is 2.71 bits per heavy atom. The molecule has 21 heavy (non-hydrogen) atoms. The smallest absolute Gasteiger partial charge is 0.0950 e. The molecule has 0 saturated heterocycles. The van der Waals surface area contributed by atoms with Crippen LogP contribution in [0.5, 0.6) is 0 Å². The Morgan fingerprint density at radius 2 is 2.10 bits per heavy atom. The first-order chi connectivity index (χ1) is 10.3. The van der Waals surface area contributed by atoms with Crippen LogP contribution in [-0.2, 0) is 0 Å². The van der Waals surface area contributed by atoms with Crippen molar-refractivity contribution in [1.82, 2.24) is 20.6 Å². The molecule has 5 heteroatoms. The molecule has 0 aliphatic rings. The first kappa shape index (κ1) is 15.7. The molecule has 114 valence electrons. The molecule has 0 saturated carbocycles. The van der Waals surface area contributed by atoms with Crippen molar-refractivity contribution >= 4 is 0 Å². The highest BCUT2D eigenvalue weighted by atomic mass is 16.3. The SMILES string of the molecule is CCCNC(CCC(NC)c1cnccn1)c1ccoc1. The topological polar surface area (TPSA) is 63.0 Å². The maximum atomic E-state index is 5.22. The highest BCUT2D eigenvalue weighted by Crippen LogP contribution is 2.24. The Kier molecular flexibility index (Phi) is 6.37. The average molecular weight is 288 g/mol. The molecule has 0 fully saturated rings. The second kappa shape index (κ2) is 8.54. The van der Waals surface area contributed by atoms with Crippen LogP contribution >= 0.6 is 0 Å².